The number of hydrogen-bond donors (Lipinski definition) is 1. The number of nitrogens with one attached hydrogen (secondary N) is 1. The molecule has 0 fully saturated rings. The monoisotopic (exact) mass is 349 g/mol. The quantitative estimate of drug-likeness (QED) is 0.541. The molecule has 4 rings (SSSR count). The number of nitrogens with zero attached hydrogens (tertiary/aromatic N) is 2. The molecule has 0 bridgehead atoms. The van der Waals surface area contributed by atoms with E-state index in [2.05, 4.69) is 39.7 Å². The lowest BCUT2D eigenvalue weighted by Gasteiger charge is -2.10. The molecule has 0 radical (unpaired) electrons. The lowest BCUT2D eigenvalue weighted by atomic mass is 10.2. The van der Waals surface area contributed by atoms with Crippen molar-refractivity contribution >= 4 is 22.3 Å². The van der Waals surface area contributed by atoms with Crippen molar-refractivity contribution in [2.45, 2.75) is 19.4 Å². The second kappa shape index (κ2) is 7.17. The molecule has 1 atom stereocenters. The first-order valence-corrected chi connectivity index (χ1v) is 9.25. The van der Waals surface area contributed by atoms with Crippen LogP contribution in [0.2, 0.25) is 0 Å². The Morgan fingerprint density at radius 2 is 2.00 bits per heavy atom. The predicted octanol–water partition coefficient (Wildman–Crippen LogP) is 4.84. The summed E-state index contributed by atoms with van der Waals surface area (Å²) in [7, 11) is 0. The van der Waals surface area contributed by atoms with E-state index in [0.717, 1.165) is 46.1 Å². The maximum absolute atomic E-state index is 5.91. The lowest BCUT2D eigenvalue weighted by Crippen LogP contribution is -2.20. The Hall–Kier alpha value is -2.50. The summed E-state index contributed by atoms with van der Waals surface area (Å²) in [6.07, 6.45) is 2.69. The van der Waals surface area contributed by atoms with Gasteiger partial charge in [0, 0.05) is 29.9 Å². The van der Waals surface area contributed by atoms with Crippen molar-refractivity contribution in [2.24, 2.45) is 0 Å². The number of thiazole rings is 1. The van der Waals surface area contributed by atoms with Crippen LogP contribution in [0.5, 0.6) is 0 Å². The molecule has 0 aliphatic rings. The third-order valence-electron chi connectivity index (χ3n) is 4.14. The smallest absolute Gasteiger partial charge is 0.134 e. The Labute approximate surface area is 150 Å². The highest BCUT2D eigenvalue weighted by Crippen LogP contribution is 2.24. The predicted molar refractivity (Wildman–Crippen MR) is 102 cm³/mol. The van der Waals surface area contributed by atoms with Crippen LogP contribution in [0.4, 0.5) is 0 Å². The minimum absolute atomic E-state index is 0.169. The summed E-state index contributed by atoms with van der Waals surface area (Å²) in [4.78, 5) is 9.02. The molecule has 0 aliphatic carbocycles. The number of hydrogen-bond acceptors (Lipinski definition) is 5. The fraction of sp³-hybridized carbons (Fsp3) is 0.200. The van der Waals surface area contributed by atoms with Gasteiger partial charge in [0.25, 0.3) is 0 Å². The number of furan rings is 1. The lowest BCUT2D eigenvalue weighted by molar-refractivity contribution is 0.453. The molecule has 3 aromatic heterocycles. The topological polar surface area (TPSA) is 51.0 Å². The van der Waals surface area contributed by atoms with E-state index >= 15 is 0 Å². The van der Waals surface area contributed by atoms with Gasteiger partial charge in [-0.25, -0.2) is 4.98 Å². The molecule has 126 valence electrons. The van der Waals surface area contributed by atoms with Gasteiger partial charge in [0.05, 0.1) is 22.4 Å². The van der Waals surface area contributed by atoms with Gasteiger partial charge in [-0.3, -0.25) is 4.98 Å². The summed E-state index contributed by atoms with van der Waals surface area (Å²) in [5.41, 5.74) is 2.81. The highest BCUT2D eigenvalue weighted by Gasteiger charge is 2.11. The second-order valence-corrected chi connectivity index (χ2v) is 6.90. The van der Waals surface area contributed by atoms with Gasteiger partial charge in [0.1, 0.15) is 11.3 Å². The fourth-order valence-electron chi connectivity index (χ4n) is 2.77. The minimum atomic E-state index is 0.169. The minimum Gasteiger partial charge on any atom is -0.459 e. The molecule has 4 nitrogen and oxygen atoms in total. The first kappa shape index (κ1) is 16.0. The van der Waals surface area contributed by atoms with E-state index in [9.17, 15) is 0 Å². The van der Waals surface area contributed by atoms with Crippen LogP contribution >= 0.6 is 11.3 Å². The van der Waals surface area contributed by atoms with Crippen molar-refractivity contribution in [1.82, 2.24) is 15.3 Å². The van der Waals surface area contributed by atoms with Gasteiger partial charge >= 0.3 is 0 Å². The van der Waals surface area contributed by atoms with E-state index in [0.29, 0.717) is 0 Å². The summed E-state index contributed by atoms with van der Waals surface area (Å²) in [5.74, 6) is 0.967. The first-order chi connectivity index (χ1) is 12.3. The van der Waals surface area contributed by atoms with E-state index < -0.39 is 0 Å². The number of para-hydroxylation sites is 1. The molecule has 0 unspecified atom stereocenters. The maximum atomic E-state index is 5.91. The summed E-state index contributed by atoms with van der Waals surface area (Å²) >= 11 is 1.68. The van der Waals surface area contributed by atoms with E-state index in [1.165, 1.54) is 0 Å². The SMILES string of the molecule is C[C@@H](NCCc1nc(-c2ccccn2)cs1)c1cc2ccccc2o1. The van der Waals surface area contributed by atoms with Crippen LogP contribution in [-0.2, 0) is 6.42 Å². The molecule has 0 spiro atoms. The van der Waals surface area contributed by atoms with Crippen LogP contribution < -0.4 is 5.32 Å². The molecule has 1 aromatic carbocycles. The number of benzene rings is 1. The van der Waals surface area contributed by atoms with E-state index in [4.69, 9.17) is 4.42 Å². The summed E-state index contributed by atoms with van der Waals surface area (Å²) in [5, 5.41) is 7.84. The van der Waals surface area contributed by atoms with Crippen LogP contribution in [0.3, 0.4) is 0 Å². The molecular formula is C20H19N3OS. The molecule has 0 aliphatic heterocycles. The largest absolute Gasteiger partial charge is 0.459 e. The Bertz CT molecular complexity index is 928. The van der Waals surface area contributed by atoms with Crippen LogP contribution in [0.1, 0.15) is 23.7 Å². The maximum Gasteiger partial charge on any atom is 0.134 e. The normalized spacial score (nSPS) is 12.5. The third-order valence-corrected chi connectivity index (χ3v) is 5.05. The van der Waals surface area contributed by atoms with Crippen molar-refractivity contribution in [2.75, 3.05) is 6.54 Å². The molecule has 0 saturated carbocycles. The van der Waals surface area contributed by atoms with Crippen molar-refractivity contribution in [3.05, 3.63) is 70.9 Å². The van der Waals surface area contributed by atoms with Crippen molar-refractivity contribution < 1.29 is 4.42 Å². The Morgan fingerprint density at radius 3 is 2.84 bits per heavy atom. The van der Waals surface area contributed by atoms with Gasteiger partial charge in [0.15, 0.2) is 0 Å². The zero-order valence-corrected chi connectivity index (χ0v) is 14.8. The van der Waals surface area contributed by atoms with Gasteiger partial charge in [-0.05, 0) is 31.2 Å². The molecule has 0 amide bonds. The number of aromatic nitrogens is 2. The van der Waals surface area contributed by atoms with Gasteiger partial charge in [-0.15, -0.1) is 11.3 Å². The van der Waals surface area contributed by atoms with Gasteiger partial charge < -0.3 is 9.73 Å². The molecule has 3 heterocycles. The second-order valence-electron chi connectivity index (χ2n) is 5.95. The Kier molecular flexibility index (Phi) is 4.59. The first-order valence-electron chi connectivity index (χ1n) is 8.37. The zero-order chi connectivity index (χ0) is 17.1. The van der Waals surface area contributed by atoms with Gasteiger partial charge in [0.2, 0.25) is 0 Å². The van der Waals surface area contributed by atoms with E-state index in [1.807, 2.05) is 36.4 Å². The molecule has 1 N–H and O–H groups in total. The highest BCUT2D eigenvalue weighted by atomic mass is 32.1. The number of pyridine rings is 1. The zero-order valence-electron chi connectivity index (χ0n) is 14.0. The number of fused-ring (bicyclic) bond motifs is 1. The standard InChI is InChI=1S/C20H19N3OS/c1-14(19-12-15-6-2-3-8-18(15)24-19)21-11-9-20-23-17(13-25-20)16-7-4-5-10-22-16/h2-8,10,12-14,21H,9,11H2,1H3/t14-/m1/s1. The summed E-state index contributed by atoms with van der Waals surface area (Å²) < 4.78 is 5.91. The average molecular weight is 349 g/mol. The van der Waals surface area contributed by atoms with Crippen LogP contribution in [0, 0.1) is 0 Å². The molecular weight excluding hydrogens is 330 g/mol. The molecule has 25 heavy (non-hydrogen) atoms. The van der Waals surface area contributed by atoms with Crippen LogP contribution in [0.25, 0.3) is 22.4 Å². The van der Waals surface area contributed by atoms with Crippen molar-refractivity contribution in [1.29, 1.82) is 0 Å². The molecule has 4 aromatic rings. The fourth-order valence-corrected chi connectivity index (χ4v) is 3.56. The average Bonchev–Trinajstić information content (AvgIpc) is 3.29. The highest BCUT2D eigenvalue weighted by molar-refractivity contribution is 7.09. The van der Waals surface area contributed by atoms with Crippen molar-refractivity contribution in [3.8, 4) is 11.4 Å². The summed E-state index contributed by atoms with van der Waals surface area (Å²) in [6.45, 7) is 2.98. The molecule has 0 saturated heterocycles. The van der Waals surface area contributed by atoms with Crippen LogP contribution in [0.15, 0.2) is 64.5 Å². The van der Waals surface area contributed by atoms with Gasteiger partial charge in [-0.2, -0.15) is 0 Å². The Balaban J connectivity index is 1.35. The van der Waals surface area contributed by atoms with Crippen molar-refractivity contribution in [3.63, 3.8) is 0 Å². The van der Waals surface area contributed by atoms with E-state index in [1.54, 1.807) is 17.5 Å². The number of rotatable bonds is 6. The van der Waals surface area contributed by atoms with Crippen LogP contribution in [-0.4, -0.2) is 16.5 Å². The summed E-state index contributed by atoms with van der Waals surface area (Å²) in [6, 6.07) is 16.3. The van der Waals surface area contributed by atoms with Gasteiger partial charge in [-0.1, -0.05) is 24.3 Å². The Morgan fingerprint density at radius 1 is 1.12 bits per heavy atom. The molecule has 5 heteroatoms. The van der Waals surface area contributed by atoms with E-state index in [-0.39, 0.29) is 6.04 Å². The third kappa shape index (κ3) is 3.62.